The van der Waals surface area contributed by atoms with Crippen LogP contribution in [0.4, 0.5) is 17.1 Å². The second kappa shape index (κ2) is 9.79. The Hall–Kier alpha value is -5.12. The average Bonchev–Trinajstić information content (AvgIpc) is 2.94. The average molecular weight is 448 g/mol. The molecule has 0 aliphatic carbocycles. The molecule has 0 aromatic heterocycles. The van der Waals surface area contributed by atoms with Gasteiger partial charge in [-0.15, -0.1) is 0 Å². The molecular formula is C32H21N3. The van der Waals surface area contributed by atoms with Crippen LogP contribution in [-0.4, -0.2) is 0 Å². The van der Waals surface area contributed by atoms with Crippen LogP contribution in [0.1, 0.15) is 11.1 Å². The van der Waals surface area contributed by atoms with E-state index in [9.17, 15) is 10.5 Å². The SMILES string of the molecule is N#Cc1cc(C#N)cc(-c2ccc(-c3ccc(N(c4ccccc4)c4ccccc4)cc3)cc2)c1. The summed E-state index contributed by atoms with van der Waals surface area (Å²) in [6.07, 6.45) is 0. The molecule has 3 nitrogen and oxygen atoms in total. The van der Waals surface area contributed by atoms with Crippen LogP contribution in [0.15, 0.2) is 127 Å². The third-order valence-corrected chi connectivity index (χ3v) is 5.90. The molecule has 0 atom stereocenters. The highest BCUT2D eigenvalue weighted by Gasteiger charge is 2.12. The van der Waals surface area contributed by atoms with Gasteiger partial charge in [0.15, 0.2) is 0 Å². The monoisotopic (exact) mass is 447 g/mol. The highest BCUT2D eigenvalue weighted by molar-refractivity contribution is 5.79. The summed E-state index contributed by atoms with van der Waals surface area (Å²) in [5, 5.41) is 18.5. The number of nitriles is 2. The van der Waals surface area contributed by atoms with E-state index in [0.29, 0.717) is 11.1 Å². The summed E-state index contributed by atoms with van der Waals surface area (Å²) in [6.45, 7) is 0. The van der Waals surface area contributed by atoms with Crippen molar-refractivity contribution in [2.45, 2.75) is 0 Å². The van der Waals surface area contributed by atoms with Crippen LogP contribution in [0.5, 0.6) is 0 Å². The lowest BCUT2D eigenvalue weighted by molar-refractivity contribution is 1.28. The zero-order valence-corrected chi connectivity index (χ0v) is 19.0. The van der Waals surface area contributed by atoms with Gasteiger partial charge < -0.3 is 4.90 Å². The topological polar surface area (TPSA) is 50.8 Å². The zero-order valence-electron chi connectivity index (χ0n) is 19.0. The lowest BCUT2D eigenvalue weighted by Gasteiger charge is -2.25. The van der Waals surface area contributed by atoms with Crippen LogP contribution >= 0.6 is 0 Å². The smallest absolute Gasteiger partial charge is 0.0992 e. The number of anilines is 3. The van der Waals surface area contributed by atoms with Crippen LogP contribution in [-0.2, 0) is 0 Å². The molecule has 0 saturated carbocycles. The van der Waals surface area contributed by atoms with Crippen molar-refractivity contribution in [1.82, 2.24) is 0 Å². The Balaban J connectivity index is 1.45. The van der Waals surface area contributed by atoms with E-state index in [-0.39, 0.29) is 0 Å². The van der Waals surface area contributed by atoms with E-state index in [1.807, 2.05) is 60.7 Å². The van der Waals surface area contributed by atoms with Gasteiger partial charge in [0.1, 0.15) is 0 Å². The molecule has 5 aromatic carbocycles. The van der Waals surface area contributed by atoms with Gasteiger partial charge in [0.05, 0.1) is 23.3 Å². The number of hydrogen-bond donors (Lipinski definition) is 0. The Morgan fingerprint density at radius 1 is 0.400 bits per heavy atom. The molecule has 0 N–H and O–H groups in total. The maximum absolute atomic E-state index is 9.27. The summed E-state index contributed by atoms with van der Waals surface area (Å²) in [5.41, 5.74) is 8.31. The molecule has 0 aliphatic rings. The maximum atomic E-state index is 9.27. The first-order valence-corrected chi connectivity index (χ1v) is 11.3. The predicted molar refractivity (Wildman–Crippen MR) is 141 cm³/mol. The minimum Gasteiger partial charge on any atom is -0.311 e. The van der Waals surface area contributed by atoms with Crippen LogP contribution in [0.25, 0.3) is 22.3 Å². The summed E-state index contributed by atoms with van der Waals surface area (Å²) >= 11 is 0. The van der Waals surface area contributed by atoms with Crippen molar-refractivity contribution < 1.29 is 0 Å². The molecule has 0 bridgehead atoms. The van der Waals surface area contributed by atoms with Gasteiger partial charge in [-0.1, -0.05) is 72.8 Å². The fraction of sp³-hybridized carbons (Fsp3) is 0. The second-order valence-electron chi connectivity index (χ2n) is 8.15. The first-order chi connectivity index (χ1) is 17.2. The van der Waals surface area contributed by atoms with Crippen LogP contribution in [0, 0.1) is 22.7 Å². The van der Waals surface area contributed by atoms with E-state index in [4.69, 9.17) is 0 Å². The number of benzene rings is 5. The van der Waals surface area contributed by atoms with Crippen LogP contribution < -0.4 is 4.90 Å². The molecule has 164 valence electrons. The van der Waals surface area contributed by atoms with Crippen molar-refractivity contribution in [3.05, 3.63) is 139 Å². The molecule has 0 unspecified atom stereocenters. The van der Waals surface area contributed by atoms with Gasteiger partial charge in [-0.25, -0.2) is 0 Å². The van der Waals surface area contributed by atoms with Crippen molar-refractivity contribution in [3.63, 3.8) is 0 Å². The normalized spacial score (nSPS) is 10.2. The Morgan fingerprint density at radius 3 is 1.20 bits per heavy atom. The third-order valence-electron chi connectivity index (χ3n) is 5.90. The number of hydrogen-bond acceptors (Lipinski definition) is 3. The minimum atomic E-state index is 0.486. The molecule has 35 heavy (non-hydrogen) atoms. The Kier molecular flexibility index (Phi) is 6.07. The third kappa shape index (κ3) is 4.67. The molecule has 5 aromatic rings. The van der Waals surface area contributed by atoms with Crippen molar-refractivity contribution in [1.29, 1.82) is 10.5 Å². The molecule has 5 rings (SSSR count). The van der Waals surface area contributed by atoms with Gasteiger partial charge >= 0.3 is 0 Å². The van der Waals surface area contributed by atoms with Gasteiger partial charge in [0, 0.05) is 17.1 Å². The summed E-state index contributed by atoms with van der Waals surface area (Å²) in [5.74, 6) is 0. The van der Waals surface area contributed by atoms with Gasteiger partial charge in [0.2, 0.25) is 0 Å². The van der Waals surface area contributed by atoms with E-state index in [0.717, 1.165) is 39.3 Å². The first-order valence-electron chi connectivity index (χ1n) is 11.3. The van der Waals surface area contributed by atoms with Crippen molar-refractivity contribution in [3.8, 4) is 34.4 Å². The number of rotatable bonds is 5. The van der Waals surface area contributed by atoms with E-state index >= 15 is 0 Å². The fourth-order valence-electron chi connectivity index (χ4n) is 4.18. The molecule has 0 fully saturated rings. The van der Waals surface area contributed by atoms with Crippen molar-refractivity contribution in [2.75, 3.05) is 4.90 Å². The molecule has 3 heteroatoms. The van der Waals surface area contributed by atoms with Gasteiger partial charge in [-0.05, 0) is 76.9 Å². The van der Waals surface area contributed by atoms with Crippen LogP contribution in [0.2, 0.25) is 0 Å². The van der Waals surface area contributed by atoms with E-state index in [1.165, 1.54) is 0 Å². The van der Waals surface area contributed by atoms with Gasteiger partial charge in [-0.2, -0.15) is 10.5 Å². The van der Waals surface area contributed by atoms with Crippen LogP contribution in [0.3, 0.4) is 0 Å². The largest absolute Gasteiger partial charge is 0.311 e. The Morgan fingerprint density at radius 2 is 0.771 bits per heavy atom. The molecule has 0 heterocycles. The maximum Gasteiger partial charge on any atom is 0.0992 e. The number of para-hydroxylation sites is 2. The lowest BCUT2D eigenvalue weighted by Crippen LogP contribution is -2.09. The first kappa shape index (κ1) is 21.7. The minimum absolute atomic E-state index is 0.486. The quantitative estimate of drug-likeness (QED) is 0.273. The summed E-state index contributed by atoms with van der Waals surface area (Å²) in [6, 6.07) is 46.9. The summed E-state index contributed by atoms with van der Waals surface area (Å²) in [7, 11) is 0. The summed E-state index contributed by atoms with van der Waals surface area (Å²) < 4.78 is 0. The van der Waals surface area contributed by atoms with Crippen molar-refractivity contribution >= 4 is 17.1 Å². The molecule has 0 spiro atoms. The Bertz CT molecular complexity index is 1450. The van der Waals surface area contributed by atoms with E-state index < -0.39 is 0 Å². The Labute approximate surface area is 205 Å². The molecule has 0 radical (unpaired) electrons. The number of nitrogens with zero attached hydrogens (tertiary/aromatic N) is 3. The van der Waals surface area contributed by atoms with Gasteiger partial charge in [-0.3, -0.25) is 0 Å². The fourth-order valence-corrected chi connectivity index (χ4v) is 4.18. The summed E-state index contributed by atoms with van der Waals surface area (Å²) in [4.78, 5) is 2.24. The standard InChI is InChI=1S/C32H21N3/c33-22-24-19-25(23-34)21-29(20-24)28-13-11-26(12-14-28)27-15-17-32(18-16-27)35(30-7-3-1-4-8-30)31-9-5-2-6-10-31/h1-21H. The van der Waals surface area contributed by atoms with Crippen molar-refractivity contribution in [2.24, 2.45) is 0 Å². The lowest BCUT2D eigenvalue weighted by atomic mass is 9.97. The molecule has 0 saturated heterocycles. The highest BCUT2D eigenvalue weighted by Crippen LogP contribution is 2.35. The molecular weight excluding hydrogens is 426 g/mol. The second-order valence-corrected chi connectivity index (χ2v) is 8.15. The van der Waals surface area contributed by atoms with E-state index in [1.54, 1.807) is 6.07 Å². The molecule has 0 aliphatic heterocycles. The highest BCUT2D eigenvalue weighted by atomic mass is 15.1. The van der Waals surface area contributed by atoms with E-state index in [2.05, 4.69) is 77.7 Å². The molecule has 0 amide bonds. The van der Waals surface area contributed by atoms with Gasteiger partial charge in [0.25, 0.3) is 0 Å². The zero-order chi connectivity index (χ0) is 24.0. The predicted octanol–water partition coefficient (Wildman–Crippen LogP) is 8.23.